The van der Waals surface area contributed by atoms with Gasteiger partial charge in [0.25, 0.3) is 0 Å². The number of nitrogens with zero attached hydrogens (tertiary/aromatic N) is 1. The van der Waals surface area contributed by atoms with Crippen molar-refractivity contribution in [3.8, 4) is 11.3 Å². The number of carbonyl (C=O) groups is 1. The molecule has 2 aromatic rings. The van der Waals surface area contributed by atoms with Crippen molar-refractivity contribution in [1.29, 1.82) is 0 Å². The average Bonchev–Trinajstić information content (AvgIpc) is 3.17. The molecule has 21 heavy (non-hydrogen) atoms. The molecule has 3 rings (SSSR count). The van der Waals surface area contributed by atoms with Crippen molar-refractivity contribution in [1.82, 2.24) is 4.98 Å². The van der Waals surface area contributed by atoms with E-state index in [4.69, 9.17) is 14.8 Å². The summed E-state index contributed by atoms with van der Waals surface area (Å²) in [7, 11) is 1.75. The van der Waals surface area contributed by atoms with Crippen LogP contribution in [0.15, 0.2) is 29.6 Å². The Labute approximate surface area is 127 Å². The first-order chi connectivity index (χ1) is 10.1. The van der Waals surface area contributed by atoms with E-state index in [2.05, 4.69) is 0 Å². The minimum atomic E-state index is -0.920. The number of aromatic nitrogens is 1. The van der Waals surface area contributed by atoms with Crippen LogP contribution < -0.4 is 0 Å². The number of aromatic carboxylic acids is 1. The molecule has 1 aliphatic rings. The maximum Gasteiger partial charge on any atom is 0.335 e. The monoisotopic (exact) mass is 303 g/mol. The molecule has 4 nitrogen and oxygen atoms in total. The summed E-state index contributed by atoms with van der Waals surface area (Å²) in [6.07, 6.45) is 4.34. The lowest BCUT2D eigenvalue weighted by molar-refractivity contribution is -0.00879. The quantitative estimate of drug-likeness (QED) is 0.930. The number of hydrogen-bond donors (Lipinski definition) is 1. The number of methoxy groups -OCH3 is 1. The highest BCUT2D eigenvalue weighted by molar-refractivity contribution is 7.10. The van der Waals surface area contributed by atoms with Crippen molar-refractivity contribution in [2.75, 3.05) is 7.11 Å². The lowest BCUT2D eigenvalue weighted by atomic mass is 10.0. The predicted molar refractivity (Wildman–Crippen MR) is 81.7 cm³/mol. The molecule has 1 aromatic heterocycles. The maximum atomic E-state index is 11.1. The largest absolute Gasteiger partial charge is 0.478 e. The van der Waals surface area contributed by atoms with Crippen molar-refractivity contribution >= 4 is 17.3 Å². The fraction of sp³-hybridized carbons (Fsp3) is 0.375. The van der Waals surface area contributed by atoms with Gasteiger partial charge in [0.15, 0.2) is 0 Å². The minimum absolute atomic E-state index is 0.243. The van der Waals surface area contributed by atoms with Gasteiger partial charge in [-0.15, -0.1) is 11.3 Å². The standard InChI is InChI=1S/C16H17NO3S/c1-20-16(7-2-3-8-16)15-17-13(10-21-15)11-5-4-6-12(9-11)14(18)19/h4-6,9-10H,2-3,7-8H2,1H3,(H,18,19). The zero-order valence-electron chi connectivity index (χ0n) is 11.8. The van der Waals surface area contributed by atoms with E-state index in [0.717, 1.165) is 41.9 Å². The van der Waals surface area contributed by atoms with Gasteiger partial charge in [-0.25, -0.2) is 9.78 Å². The molecule has 1 aromatic carbocycles. The summed E-state index contributed by atoms with van der Waals surface area (Å²) in [6.45, 7) is 0. The second-order valence-corrected chi connectivity index (χ2v) is 6.19. The summed E-state index contributed by atoms with van der Waals surface area (Å²) in [5.41, 5.74) is 1.69. The Morgan fingerprint density at radius 1 is 1.38 bits per heavy atom. The van der Waals surface area contributed by atoms with E-state index in [9.17, 15) is 4.79 Å². The Balaban J connectivity index is 1.95. The molecule has 1 fully saturated rings. The molecule has 0 unspecified atom stereocenters. The molecule has 0 atom stereocenters. The zero-order valence-corrected chi connectivity index (χ0v) is 12.7. The van der Waals surface area contributed by atoms with Crippen molar-refractivity contribution < 1.29 is 14.6 Å². The van der Waals surface area contributed by atoms with E-state index in [1.54, 1.807) is 36.6 Å². The number of carboxylic acids is 1. The van der Waals surface area contributed by atoms with Crippen LogP contribution in [-0.2, 0) is 10.3 Å². The third-order valence-electron chi connectivity index (χ3n) is 4.10. The predicted octanol–water partition coefficient (Wildman–Crippen LogP) is 3.92. The summed E-state index contributed by atoms with van der Waals surface area (Å²) < 4.78 is 5.75. The maximum absolute atomic E-state index is 11.1. The second-order valence-electron chi connectivity index (χ2n) is 5.33. The zero-order chi connectivity index (χ0) is 14.9. The second kappa shape index (κ2) is 5.58. The minimum Gasteiger partial charge on any atom is -0.478 e. The average molecular weight is 303 g/mol. The fourth-order valence-corrected chi connectivity index (χ4v) is 3.94. The molecule has 0 saturated heterocycles. The van der Waals surface area contributed by atoms with E-state index in [1.165, 1.54) is 0 Å². The molecule has 1 N–H and O–H groups in total. The van der Waals surface area contributed by atoms with Gasteiger partial charge in [0.2, 0.25) is 0 Å². The Hall–Kier alpha value is -1.72. The Bertz CT molecular complexity index is 659. The number of benzene rings is 1. The lowest BCUT2D eigenvalue weighted by Crippen LogP contribution is -2.24. The molecule has 0 amide bonds. The van der Waals surface area contributed by atoms with Gasteiger partial charge < -0.3 is 9.84 Å². The molecule has 0 spiro atoms. The summed E-state index contributed by atoms with van der Waals surface area (Å²) >= 11 is 1.60. The Kier molecular flexibility index (Phi) is 3.78. The molecule has 1 heterocycles. The normalized spacial score (nSPS) is 17.0. The summed E-state index contributed by atoms with van der Waals surface area (Å²) in [6, 6.07) is 6.89. The highest BCUT2D eigenvalue weighted by Gasteiger charge is 2.38. The third-order valence-corrected chi connectivity index (χ3v) is 5.13. The van der Waals surface area contributed by atoms with Gasteiger partial charge >= 0.3 is 5.97 Å². The van der Waals surface area contributed by atoms with Crippen molar-refractivity contribution in [3.63, 3.8) is 0 Å². The van der Waals surface area contributed by atoms with Crippen molar-refractivity contribution in [2.24, 2.45) is 0 Å². The van der Waals surface area contributed by atoms with Crippen LogP contribution in [0.25, 0.3) is 11.3 Å². The fourth-order valence-electron chi connectivity index (χ4n) is 2.88. The van der Waals surface area contributed by atoms with Crippen LogP contribution in [0.5, 0.6) is 0 Å². The van der Waals surface area contributed by atoms with E-state index in [0.29, 0.717) is 0 Å². The summed E-state index contributed by atoms with van der Waals surface area (Å²) in [5, 5.41) is 12.1. The highest BCUT2D eigenvalue weighted by atomic mass is 32.1. The first kappa shape index (κ1) is 14.2. The van der Waals surface area contributed by atoms with Gasteiger partial charge in [-0.2, -0.15) is 0 Å². The lowest BCUT2D eigenvalue weighted by Gasteiger charge is -2.24. The molecule has 0 radical (unpaired) electrons. The van der Waals surface area contributed by atoms with Crippen LogP contribution >= 0.6 is 11.3 Å². The molecular weight excluding hydrogens is 286 g/mol. The molecule has 5 heteroatoms. The van der Waals surface area contributed by atoms with E-state index < -0.39 is 5.97 Å². The number of ether oxygens (including phenoxy) is 1. The number of hydrogen-bond acceptors (Lipinski definition) is 4. The smallest absolute Gasteiger partial charge is 0.335 e. The van der Waals surface area contributed by atoms with E-state index in [1.807, 2.05) is 11.4 Å². The SMILES string of the molecule is COC1(c2nc(-c3cccc(C(=O)O)c3)cs2)CCCC1. The molecule has 110 valence electrons. The first-order valence-electron chi connectivity index (χ1n) is 6.99. The molecule has 1 aliphatic carbocycles. The highest BCUT2D eigenvalue weighted by Crippen LogP contribution is 2.43. The van der Waals surface area contributed by atoms with Crippen LogP contribution in [0.3, 0.4) is 0 Å². The summed E-state index contributed by atoms with van der Waals surface area (Å²) in [5.74, 6) is -0.920. The molecule has 1 saturated carbocycles. The number of carboxylic acid groups (broad SMARTS) is 1. The van der Waals surface area contributed by atoms with Gasteiger partial charge in [0, 0.05) is 18.1 Å². The van der Waals surface area contributed by atoms with Crippen LogP contribution in [0.2, 0.25) is 0 Å². The van der Waals surface area contributed by atoms with Crippen molar-refractivity contribution in [2.45, 2.75) is 31.3 Å². The molecular formula is C16H17NO3S. The van der Waals surface area contributed by atoms with Crippen molar-refractivity contribution in [3.05, 3.63) is 40.2 Å². The third kappa shape index (κ3) is 2.59. The van der Waals surface area contributed by atoms with Gasteiger partial charge in [0.1, 0.15) is 10.6 Å². The molecule has 0 bridgehead atoms. The Morgan fingerprint density at radius 2 is 2.14 bits per heavy atom. The van der Waals surface area contributed by atoms with E-state index in [-0.39, 0.29) is 11.2 Å². The van der Waals surface area contributed by atoms with Crippen LogP contribution in [-0.4, -0.2) is 23.2 Å². The van der Waals surface area contributed by atoms with E-state index >= 15 is 0 Å². The van der Waals surface area contributed by atoms with Gasteiger partial charge in [-0.3, -0.25) is 0 Å². The van der Waals surface area contributed by atoms with Crippen LogP contribution in [0.1, 0.15) is 41.0 Å². The van der Waals surface area contributed by atoms with Gasteiger partial charge in [-0.1, -0.05) is 25.0 Å². The Morgan fingerprint density at radius 3 is 2.81 bits per heavy atom. The van der Waals surface area contributed by atoms with Crippen LogP contribution in [0.4, 0.5) is 0 Å². The van der Waals surface area contributed by atoms with Gasteiger partial charge in [-0.05, 0) is 25.0 Å². The number of thiazole rings is 1. The van der Waals surface area contributed by atoms with Crippen LogP contribution in [0, 0.1) is 0 Å². The first-order valence-corrected chi connectivity index (χ1v) is 7.87. The molecule has 0 aliphatic heterocycles. The summed E-state index contributed by atoms with van der Waals surface area (Å²) in [4.78, 5) is 15.8. The topological polar surface area (TPSA) is 59.4 Å². The van der Waals surface area contributed by atoms with Gasteiger partial charge in [0.05, 0.1) is 11.3 Å². The number of rotatable bonds is 4.